The van der Waals surface area contributed by atoms with Gasteiger partial charge in [-0.2, -0.15) is 0 Å². The molecule has 0 bridgehead atoms. The molecule has 0 aromatic rings. The van der Waals surface area contributed by atoms with Crippen molar-refractivity contribution in [3.63, 3.8) is 0 Å². The highest BCUT2D eigenvalue weighted by Gasteiger charge is 1.90. The summed E-state index contributed by atoms with van der Waals surface area (Å²) in [6, 6.07) is 0. The van der Waals surface area contributed by atoms with E-state index in [4.69, 9.17) is 0 Å². The molecule has 0 amide bonds. The van der Waals surface area contributed by atoms with Gasteiger partial charge in [0.15, 0.2) is 0 Å². The highest BCUT2D eigenvalue weighted by molar-refractivity contribution is 5.04. The third-order valence-electron chi connectivity index (χ3n) is 1.51. The number of hydrogen-bond acceptors (Lipinski definition) is 1. The first-order valence-corrected chi connectivity index (χ1v) is 3.74. The largest absolute Gasteiger partial charge is 0.319 e. The first-order valence-electron chi connectivity index (χ1n) is 3.74. The summed E-state index contributed by atoms with van der Waals surface area (Å²) in [6.45, 7) is 6.84. The van der Waals surface area contributed by atoms with Gasteiger partial charge >= 0.3 is 0 Å². The lowest BCUT2D eigenvalue weighted by Gasteiger charge is -2.01. The van der Waals surface area contributed by atoms with E-state index in [9.17, 15) is 0 Å². The molecule has 0 aliphatic carbocycles. The highest BCUT2D eigenvalue weighted by atomic mass is 14.8. The molecule has 0 atom stereocenters. The highest BCUT2D eigenvalue weighted by Crippen LogP contribution is 2.05. The molecule has 0 saturated carbocycles. The minimum absolute atomic E-state index is 1.03. The van der Waals surface area contributed by atoms with Crippen molar-refractivity contribution in [2.45, 2.75) is 19.8 Å². The molecule has 10 heavy (non-hydrogen) atoms. The summed E-state index contributed by atoms with van der Waals surface area (Å²) in [5.41, 5.74) is 1.46. The number of nitrogens with one attached hydrogen (secondary N) is 1. The molecule has 1 N–H and O–H groups in total. The Morgan fingerprint density at radius 3 is 2.70 bits per heavy atom. The van der Waals surface area contributed by atoms with Crippen molar-refractivity contribution in [1.29, 1.82) is 0 Å². The van der Waals surface area contributed by atoms with Crippen LogP contribution in [0.2, 0.25) is 0 Å². The Labute approximate surface area is 63.8 Å². The van der Waals surface area contributed by atoms with E-state index in [0.717, 1.165) is 19.4 Å². The number of allylic oxidation sites excluding steroid dienone is 2. The predicted molar refractivity (Wildman–Crippen MR) is 47.1 cm³/mol. The fraction of sp³-hybridized carbons (Fsp3) is 0.556. The maximum atomic E-state index is 3.70. The lowest BCUT2D eigenvalue weighted by molar-refractivity contribution is 0.774. The molecule has 1 nitrogen and oxygen atoms in total. The van der Waals surface area contributed by atoms with Gasteiger partial charge in [0, 0.05) is 0 Å². The second kappa shape index (κ2) is 6.56. The molecule has 1 heteroatoms. The predicted octanol–water partition coefficient (Wildman–Crippen LogP) is 2.12. The second-order valence-electron chi connectivity index (χ2n) is 2.29. The van der Waals surface area contributed by atoms with Gasteiger partial charge in [-0.15, -0.1) is 6.58 Å². The van der Waals surface area contributed by atoms with Crippen molar-refractivity contribution < 1.29 is 0 Å². The summed E-state index contributed by atoms with van der Waals surface area (Å²) in [5.74, 6) is 0. The van der Waals surface area contributed by atoms with Crippen molar-refractivity contribution in [3.05, 3.63) is 24.3 Å². The summed E-state index contributed by atoms with van der Waals surface area (Å²) >= 11 is 0. The van der Waals surface area contributed by atoms with E-state index in [1.54, 1.807) is 0 Å². The van der Waals surface area contributed by atoms with E-state index in [1.165, 1.54) is 5.57 Å². The standard InChI is InChI=1S/C9H17N/c1-4-6-9(5-2)7-8-10-3/h4-5,10H,1,6-8H2,2-3H3/b9-5+. The SMILES string of the molecule is C=CC/C(=C\C)CCNC. The lowest BCUT2D eigenvalue weighted by Crippen LogP contribution is -2.08. The van der Waals surface area contributed by atoms with E-state index in [1.807, 2.05) is 13.1 Å². The molecule has 0 aliphatic heterocycles. The second-order valence-corrected chi connectivity index (χ2v) is 2.29. The van der Waals surface area contributed by atoms with Gasteiger partial charge in [0.05, 0.1) is 0 Å². The Kier molecular flexibility index (Phi) is 6.19. The van der Waals surface area contributed by atoms with Gasteiger partial charge in [0.25, 0.3) is 0 Å². The summed E-state index contributed by atoms with van der Waals surface area (Å²) in [7, 11) is 1.97. The van der Waals surface area contributed by atoms with Crippen LogP contribution in [0.3, 0.4) is 0 Å². The Hall–Kier alpha value is -0.560. The van der Waals surface area contributed by atoms with Crippen LogP contribution in [0.15, 0.2) is 24.3 Å². The van der Waals surface area contributed by atoms with Gasteiger partial charge < -0.3 is 5.32 Å². The third kappa shape index (κ3) is 4.33. The van der Waals surface area contributed by atoms with Crippen LogP contribution in [0, 0.1) is 0 Å². The molecule has 0 saturated heterocycles. The third-order valence-corrected chi connectivity index (χ3v) is 1.51. The van der Waals surface area contributed by atoms with Crippen molar-refractivity contribution >= 4 is 0 Å². The summed E-state index contributed by atoms with van der Waals surface area (Å²) in [6.07, 6.45) is 6.28. The Morgan fingerprint density at radius 2 is 2.30 bits per heavy atom. The van der Waals surface area contributed by atoms with Gasteiger partial charge in [0.2, 0.25) is 0 Å². The van der Waals surface area contributed by atoms with Crippen molar-refractivity contribution in [1.82, 2.24) is 5.32 Å². The van der Waals surface area contributed by atoms with Crippen LogP contribution in [0.4, 0.5) is 0 Å². The van der Waals surface area contributed by atoms with Crippen molar-refractivity contribution in [2.75, 3.05) is 13.6 Å². The maximum Gasteiger partial charge on any atom is -0.00145 e. The van der Waals surface area contributed by atoms with Crippen LogP contribution in [0.1, 0.15) is 19.8 Å². The van der Waals surface area contributed by atoms with Gasteiger partial charge in [-0.3, -0.25) is 0 Å². The topological polar surface area (TPSA) is 12.0 Å². The van der Waals surface area contributed by atoms with E-state index in [2.05, 4.69) is 24.9 Å². The van der Waals surface area contributed by atoms with E-state index >= 15 is 0 Å². The van der Waals surface area contributed by atoms with Crippen LogP contribution in [-0.4, -0.2) is 13.6 Å². The zero-order valence-corrected chi connectivity index (χ0v) is 6.98. The molecule has 0 aromatic carbocycles. The summed E-state index contributed by atoms with van der Waals surface area (Å²) < 4.78 is 0. The molecular formula is C9H17N. The molecular weight excluding hydrogens is 122 g/mol. The normalized spacial score (nSPS) is 11.6. The molecule has 0 unspecified atom stereocenters. The Balaban J connectivity index is 3.51. The van der Waals surface area contributed by atoms with Gasteiger partial charge in [0.1, 0.15) is 0 Å². The number of hydrogen-bond donors (Lipinski definition) is 1. The maximum absolute atomic E-state index is 3.70. The molecule has 0 fully saturated rings. The van der Waals surface area contributed by atoms with Gasteiger partial charge in [-0.1, -0.05) is 17.7 Å². The molecule has 58 valence electrons. The van der Waals surface area contributed by atoms with Crippen molar-refractivity contribution in [3.8, 4) is 0 Å². The van der Waals surface area contributed by atoms with Crippen LogP contribution >= 0.6 is 0 Å². The molecule has 0 radical (unpaired) electrons. The Bertz CT molecular complexity index is 114. The van der Waals surface area contributed by atoms with Crippen LogP contribution in [-0.2, 0) is 0 Å². The van der Waals surface area contributed by atoms with Gasteiger partial charge in [-0.05, 0) is 33.4 Å². The Morgan fingerprint density at radius 1 is 1.60 bits per heavy atom. The average molecular weight is 139 g/mol. The fourth-order valence-electron chi connectivity index (χ4n) is 0.835. The van der Waals surface area contributed by atoms with E-state index in [-0.39, 0.29) is 0 Å². The molecule has 0 spiro atoms. The zero-order valence-electron chi connectivity index (χ0n) is 6.98. The first-order chi connectivity index (χ1) is 4.85. The average Bonchev–Trinajstić information content (AvgIpc) is 1.98. The number of rotatable bonds is 5. The summed E-state index contributed by atoms with van der Waals surface area (Å²) in [4.78, 5) is 0. The quantitative estimate of drug-likeness (QED) is 0.575. The first kappa shape index (κ1) is 9.44. The van der Waals surface area contributed by atoms with Crippen LogP contribution < -0.4 is 5.32 Å². The molecule has 0 heterocycles. The lowest BCUT2D eigenvalue weighted by atomic mass is 10.1. The van der Waals surface area contributed by atoms with Crippen LogP contribution in [0.5, 0.6) is 0 Å². The fourth-order valence-corrected chi connectivity index (χ4v) is 0.835. The molecule has 0 aromatic heterocycles. The van der Waals surface area contributed by atoms with Crippen molar-refractivity contribution in [2.24, 2.45) is 0 Å². The van der Waals surface area contributed by atoms with Crippen LogP contribution in [0.25, 0.3) is 0 Å². The van der Waals surface area contributed by atoms with E-state index < -0.39 is 0 Å². The minimum atomic E-state index is 1.03. The smallest absolute Gasteiger partial charge is 0.00145 e. The molecule has 0 aliphatic rings. The summed E-state index contributed by atoms with van der Waals surface area (Å²) in [5, 5.41) is 3.12. The monoisotopic (exact) mass is 139 g/mol. The van der Waals surface area contributed by atoms with Gasteiger partial charge in [-0.25, -0.2) is 0 Å². The zero-order chi connectivity index (χ0) is 7.82. The minimum Gasteiger partial charge on any atom is -0.319 e. The molecule has 0 rings (SSSR count). The van der Waals surface area contributed by atoms with E-state index in [0.29, 0.717) is 0 Å².